The molecule has 0 aliphatic rings. The fourth-order valence-electron chi connectivity index (χ4n) is 11.7. The van der Waals surface area contributed by atoms with Gasteiger partial charge in [-0.2, -0.15) is 0 Å². The van der Waals surface area contributed by atoms with Gasteiger partial charge >= 0.3 is 39.5 Å². The van der Waals surface area contributed by atoms with Crippen molar-refractivity contribution in [2.24, 2.45) is 11.8 Å². The molecule has 0 saturated carbocycles. The Labute approximate surface area is 581 Å². The monoisotopic (exact) mass is 1400 g/mol. The summed E-state index contributed by atoms with van der Waals surface area (Å²) in [5.74, 6) is -0.654. The van der Waals surface area contributed by atoms with Crippen LogP contribution in [0.5, 0.6) is 0 Å². The van der Waals surface area contributed by atoms with Crippen molar-refractivity contribution in [2.45, 2.75) is 413 Å². The molecule has 0 aromatic carbocycles. The van der Waals surface area contributed by atoms with Gasteiger partial charge in [-0.15, -0.1) is 0 Å². The van der Waals surface area contributed by atoms with Crippen LogP contribution < -0.4 is 0 Å². The number of phosphoric acid groups is 2. The predicted molar refractivity (Wildman–Crippen MR) is 386 cm³/mol. The van der Waals surface area contributed by atoms with Gasteiger partial charge in [0.15, 0.2) is 12.2 Å². The molecule has 2 unspecified atom stereocenters. The Morgan fingerprint density at radius 3 is 0.716 bits per heavy atom. The van der Waals surface area contributed by atoms with Gasteiger partial charge in [0.25, 0.3) is 0 Å². The van der Waals surface area contributed by atoms with Crippen LogP contribution >= 0.6 is 15.6 Å². The second-order valence-electron chi connectivity index (χ2n) is 28.3. The third-order valence-corrected chi connectivity index (χ3v) is 19.6. The lowest BCUT2D eigenvalue weighted by atomic mass is 10.0. The van der Waals surface area contributed by atoms with E-state index in [-0.39, 0.29) is 25.7 Å². The highest BCUT2D eigenvalue weighted by molar-refractivity contribution is 7.47. The van der Waals surface area contributed by atoms with E-state index in [1.807, 2.05) is 0 Å². The summed E-state index contributed by atoms with van der Waals surface area (Å²) in [6.07, 6.45) is 55.5. The lowest BCUT2D eigenvalue weighted by Crippen LogP contribution is -2.30. The zero-order chi connectivity index (χ0) is 70.0. The Hall–Kier alpha value is -1.94. The van der Waals surface area contributed by atoms with Crippen LogP contribution in [0.1, 0.15) is 395 Å². The maximum absolute atomic E-state index is 13.1. The lowest BCUT2D eigenvalue weighted by Gasteiger charge is -2.21. The minimum absolute atomic E-state index is 0.107. The number of aliphatic hydroxyl groups is 1. The quantitative estimate of drug-likeness (QED) is 0.0222. The van der Waals surface area contributed by atoms with E-state index in [4.69, 9.17) is 37.0 Å². The van der Waals surface area contributed by atoms with Gasteiger partial charge in [0.2, 0.25) is 0 Å². The maximum Gasteiger partial charge on any atom is 0.472 e. The van der Waals surface area contributed by atoms with Crippen molar-refractivity contribution < 1.29 is 80.2 Å². The molecule has 0 bridgehead atoms. The number of hydrogen-bond donors (Lipinski definition) is 3. The third kappa shape index (κ3) is 70.3. The van der Waals surface area contributed by atoms with Crippen LogP contribution in [0.25, 0.3) is 0 Å². The minimum atomic E-state index is -4.96. The summed E-state index contributed by atoms with van der Waals surface area (Å²) in [5, 5.41) is 10.6. The first-order valence-electron chi connectivity index (χ1n) is 39.5. The Bertz CT molecular complexity index is 1840. The summed E-state index contributed by atoms with van der Waals surface area (Å²) < 4.78 is 68.5. The molecule has 0 saturated heterocycles. The summed E-state index contributed by atoms with van der Waals surface area (Å²) >= 11 is 0. The van der Waals surface area contributed by atoms with Crippen LogP contribution in [0.2, 0.25) is 0 Å². The molecule has 0 heterocycles. The highest BCUT2D eigenvalue weighted by Crippen LogP contribution is 2.45. The Morgan fingerprint density at radius 1 is 0.284 bits per heavy atom. The number of carbonyl (C=O) groups is 4. The summed E-state index contributed by atoms with van der Waals surface area (Å²) in [6, 6.07) is 0. The van der Waals surface area contributed by atoms with E-state index in [0.29, 0.717) is 31.6 Å². The standard InChI is InChI=1S/C76H148O17P2/c1-7-9-11-13-15-17-19-21-23-25-27-33-37-41-49-55-60-75(80)92-71(64-86-73(78)58-52-46-39-35-31-29-28-30-34-38-44-50-56-68(3)4)66-90-94(82,83)88-62-70(77)63-89-95(84,85)91-67-72(65-87-74(79)59-53-47-43-42-45-51-57-69(5)6)93-76(81)61-54-48-40-36-32-26-24-22-20-18-16-14-12-10-8-2/h68-72,77H,7-67H2,1-6H3,(H,82,83)(H,84,85)/t70-,71-,72-/m1/s1. The molecule has 0 rings (SSSR count). The zero-order valence-corrected chi connectivity index (χ0v) is 63.8. The fourth-order valence-corrected chi connectivity index (χ4v) is 13.2. The van der Waals surface area contributed by atoms with Gasteiger partial charge in [-0.3, -0.25) is 37.3 Å². The molecule has 0 aliphatic carbocycles. The Balaban J connectivity index is 5.24. The van der Waals surface area contributed by atoms with Crippen LogP contribution in [0.3, 0.4) is 0 Å². The van der Waals surface area contributed by atoms with Gasteiger partial charge in [0.05, 0.1) is 26.4 Å². The van der Waals surface area contributed by atoms with Crippen molar-refractivity contribution in [2.75, 3.05) is 39.6 Å². The van der Waals surface area contributed by atoms with Crippen molar-refractivity contribution >= 4 is 39.5 Å². The largest absolute Gasteiger partial charge is 0.472 e. The van der Waals surface area contributed by atoms with Crippen molar-refractivity contribution in [1.82, 2.24) is 0 Å². The van der Waals surface area contributed by atoms with Crippen LogP contribution in [0.15, 0.2) is 0 Å². The molecule has 0 radical (unpaired) electrons. The number of carbonyl (C=O) groups excluding carboxylic acids is 4. The molecular formula is C76H148O17P2. The Kier molecular flexibility index (Phi) is 66.5. The van der Waals surface area contributed by atoms with E-state index in [0.717, 1.165) is 102 Å². The number of phosphoric ester groups is 2. The van der Waals surface area contributed by atoms with Crippen LogP contribution in [0.4, 0.5) is 0 Å². The summed E-state index contributed by atoms with van der Waals surface area (Å²) in [7, 11) is -9.91. The van der Waals surface area contributed by atoms with Crippen LogP contribution in [-0.2, 0) is 65.4 Å². The topological polar surface area (TPSA) is 237 Å². The maximum atomic E-state index is 13.1. The molecule has 5 atom stereocenters. The number of esters is 4. The van der Waals surface area contributed by atoms with E-state index in [9.17, 15) is 43.2 Å². The summed E-state index contributed by atoms with van der Waals surface area (Å²) in [6.45, 7) is 9.54. The molecule has 0 aromatic rings. The number of rotatable bonds is 75. The van der Waals surface area contributed by atoms with Crippen molar-refractivity contribution in [1.29, 1.82) is 0 Å². The highest BCUT2D eigenvalue weighted by Gasteiger charge is 2.30. The van der Waals surface area contributed by atoms with Crippen LogP contribution in [-0.4, -0.2) is 96.7 Å². The molecule has 0 amide bonds. The highest BCUT2D eigenvalue weighted by atomic mass is 31.2. The first-order valence-corrected chi connectivity index (χ1v) is 42.5. The normalized spacial score (nSPS) is 14.0. The van der Waals surface area contributed by atoms with Gasteiger partial charge < -0.3 is 33.8 Å². The average Bonchev–Trinajstić information content (AvgIpc) is 1.44. The minimum Gasteiger partial charge on any atom is -0.462 e. The first kappa shape index (κ1) is 93.1. The van der Waals surface area contributed by atoms with Crippen molar-refractivity contribution in [3.63, 3.8) is 0 Å². The molecule has 3 N–H and O–H groups in total. The van der Waals surface area contributed by atoms with Crippen molar-refractivity contribution in [3.05, 3.63) is 0 Å². The number of ether oxygens (including phenoxy) is 4. The molecule has 17 nitrogen and oxygen atoms in total. The van der Waals surface area contributed by atoms with E-state index in [1.165, 1.54) is 205 Å². The van der Waals surface area contributed by atoms with E-state index >= 15 is 0 Å². The average molecular weight is 1400 g/mol. The van der Waals surface area contributed by atoms with Gasteiger partial charge in [-0.1, -0.05) is 343 Å². The van der Waals surface area contributed by atoms with E-state index in [2.05, 4.69) is 41.5 Å². The Morgan fingerprint density at radius 2 is 0.484 bits per heavy atom. The SMILES string of the molecule is CCCCCCCCCCCCCCCCCCC(=O)O[C@H](COC(=O)CCCCCCCCCCCCCCC(C)C)COP(=O)(O)OC[C@@H](O)COP(=O)(O)OC[C@@H](COC(=O)CCCCCCCCC(C)C)OC(=O)CCCCCCCCCCCCCCCCC. The second kappa shape index (κ2) is 67.9. The smallest absolute Gasteiger partial charge is 0.462 e. The van der Waals surface area contributed by atoms with Crippen molar-refractivity contribution in [3.8, 4) is 0 Å². The van der Waals surface area contributed by atoms with Gasteiger partial charge in [0, 0.05) is 25.7 Å². The molecule has 0 fully saturated rings. The number of hydrogen-bond acceptors (Lipinski definition) is 15. The van der Waals surface area contributed by atoms with E-state index in [1.54, 1.807) is 0 Å². The third-order valence-electron chi connectivity index (χ3n) is 17.7. The molecular weight excluding hydrogens is 1250 g/mol. The second-order valence-corrected chi connectivity index (χ2v) is 31.3. The fraction of sp³-hybridized carbons (Fsp3) is 0.947. The summed E-state index contributed by atoms with van der Waals surface area (Å²) in [5.41, 5.74) is 0. The summed E-state index contributed by atoms with van der Waals surface area (Å²) in [4.78, 5) is 72.8. The molecule has 564 valence electrons. The molecule has 0 spiro atoms. The molecule has 19 heteroatoms. The molecule has 0 aromatic heterocycles. The van der Waals surface area contributed by atoms with E-state index < -0.39 is 97.5 Å². The number of unbranched alkanes of at least 4 members (excludes halogenated alkanes) is 45. The molecule has 95 heavy (non-hydrogen) atoms. The predicted octanol–water partition coefficient (Wildman–Crippen LogP) is 22.3. The molecule has 0 aliphatic heterocycles. The zero-order valence-electron chi connectivity index (χ0n) is 62.0. The lowest BCUT2D eigenvalue weighted by molar-refractivity contribution is -0.161. The first-order chi connectivity index (χ1) is 45.9. The number of aliphatic hydroxyl groups excluding tert-OH is 1. The van der Waals surface area contributed by atoms with Crippen LogP contribution in [0, 0.1) is 11.8 Å². The van der Waals surface area contributed by atoms with Gasteiger partial charge in [-0.05, 0) is 37.5 Å². The van der Waals surface area contributed by atoms with Gasteiger partial charge in [-0.25, -0.2) is 9.13 Å². The van der Waals surface area contributed by atoms with Gasteiger partial charge in [0.1, 0.15) is 19.3 Å².